The monoisotopic (exact) mass is 269 g/mol. The predicted molar refractivity (Wildman–Crippen MR) is 76.9 cm³/mol. The summed E-state index contributed by atoms with van der Waals surface area (Å²) >= 11 is 1.16. The van der Waals surface area contributed by atoms with Gasteiger partial charge in [-0.3, -0.25) is 9.59 Å². The molecule has 2 aromatic carbocycles. The first kappa shape index (κ1) is 11.9. The summed E-state index contributed by atoms with van der Waals surface area (Å²) in [7, 11) is 1.74. The maximum absolute atomic E-state index is 12.3. The van der Waals surface area contributed by atoms with E-state index < -0.39 is 0 Å². The molecule has 0 aliphatic heterocycles. The van der Waals surface area contributed by atoms with Crippen molar-refractivity contribution in [3.8, 4) is 0 Å². The van der Waals surface area contributed by atoms with Crippen LogP contribution < -0.4 is 4.87 Å². The molecule has 1 aromatic heterocycles. The highest BCUT2D eigenvalue weighted by atomic mass is 32.1. The number of hydrogen-bond acceptors (Lipinski definition) is 3. The largest absolute Gasteiger partial charge is 0.307 e. The number of carbonyl (C=O) groups is 1. The van der Waals surface area contributed by atoms with Crippen LogP contribution in [0.3, 0.4) is 0 Å². The lowest BCUT2D eigenvalue weighted by molar-refractivity contribution is 0.103. The van der Waals surface area contributed by atoms with Gasteiger partial charge in [0.25, 0.3) is 0 Å². The molecule has 1 heterocycles. The molecule has 4 heteroatoms. The average molecular weight is 269 g/mol. The topological polar surface area (TPSA) is 39.1 Å². The second-order valence-corrected chi connectivity index (χ2v) is 5.30. The van der Waals surface area contributed by atoms with E-state index in [0.717, 1.165) is 21.6 Å². The van der Waals surface area contributed by atoms with Crippen molar-refractivity contribution < 1.29 is 4.79 Å². The van der Waals surface area contributed by atoms with Gasteiger partial charge in [0, 0.05) is 18.2 Å². The molecule has 0 saturated heterocycles. The number of hydrogen-bond donors (Lipinski definition) is 0. The second kappa shape index (κ2) is 4.48. The third-order valence-corrected chi connectivity index (χ3v) is 4.09. The summed E-state index contributed by atoms with van der Waals surface area (Å²) in [6, 6.07) is 14.5. The fourth-order valence-corrected chi connectivity index (χ4v) is 2.95. The minimum Gasteiger partial charge on any atom is -0.302 e. The van der Waals surface area contributed by atoms with Crippen LogP contribution in [0.1, 0.15) is 15.9 Å². The van der Waals surface area contributed by atoms with Gasteiger partial charge in [-0.2, -0.15) is 0 Å². The summed E-state index contributed by atoms with van der Waals surface area (Å²) in [6.45, 7) is 0. The summed E-state index contributed by atoms with van der Waals surface area (Å²) in [4.78, 5) is 23.9. The molecule has 0 saturated carbocycles. The third-order valence-electron chi connectivity index (χ3n) is 3.09. The molecule has 0 aliphatic carbocycles. The Morgan fingerprint density at radius 1 is 1.05 bits per heavy atom. The van der Waals surface area contributed by atoms with Crippen molar-refractivity contribution in [1.82, 2.24) is 4.57 Å². The standard InChI is InChI=1S/C15H11NO2S/c1-16-12-8-7-11(9-13(12)19-15(16)18)14(17)10-5-3-2-4-6-10/h2-9H,1H3. The first-order chi connectivity index (χ1) is 9.16. The van der Waals surface area contributed by atoms with E-state index in [1.165, 1.54) is 0 Å². The number of fused-ring (bicyclic) bond motifs is 1. The fraction of sp³-hybridized carbons (Fsp3) is 0.0667. The molecule has 3 nitrogen and oxygen atoms in total. The van der Waals surface area contributed by atoms with Crippen LogP contribution in [-0.4, -0.2) is 10.4 Å². The highest BCUT2D eigenvalue weighted by Crippen LogP contribution is 2.20. The Labute approximate surface area is 113 Å². The van der Waals surface area contributed by atoms with Crippen LogP contribution in [-0.2, 0) is 7.05 Å². The first-order valence-corrected chi connectivity index (χ1v) is 6.68. The molecule has 19 heavy (non-hydrogen) atoms. The lowest BCUT2D eigenvalue weighted by Crippen LogP contribution is -2.06. The minimum absolute atomic E-state index is 0.0145. The molecule has 3 aromatic rings. The van der Waals surface area contributed by atoms with Gasteiger partial charge < -0.3 is 4.57 Å². The summed E-state index contributed by atoms with van der Waals surface area (Å²) in [5, 5.41) is 0. The molecule has 0 amide bonds. The fourth-order valence-electron chi connectivity index (χ4n) is 2.03. The van der Waals surface area contributed by atoms with Gasteiger partial charge in [-0.05, 0) is 18.2 Å². The lowest BCUT2D eigenvalue weighted by Gasteiger charge is -2.01. The highest BCUT2D eigenvalue weighted by Gasteiger charge is 2.11. The van der Waals surface area contributed by atoms with Crippen molar-refractivity contribution in [1.29, 1.82) is 0 Å². The smallest absolute Gasteiger partial charge is 0.302 e. The summed E-state index contributed by atoms with van der Waals surface area (Å²) < 4.78 is 2.44. The van der Waals surface area contributed by atoms with E-state index in [-0.39, 0.29) is 10.7 Å². The normalized spacial score (nSPS) is 10.8. The van der Waals surface area contributed by atoms with Crippen LogP contribution in [0, 0.1) is 0 Å². The predicted octanol–water partition coefficient (Wildman–Crippen LogP) is 2.83. The number of ketones is 1. The number of aromatic nitrogens is 1. The Kier molecular flexibility index (Phi) is 2.80. The van der Waals surface area contributed by atoms with E-state index in [0.29, 0.717) is 11.1 Å². The molecule has 0 fully saturated rings. The Morgan fingerprint density at radius 2 is 1.79 bits per heavy atom. The van der Waals surface area contributed by atoms with Crippen LogP contribution in [0.15, 0.2) is 53.3 Å². The zero-order valence-corrected chi connectivity index (χ0v) is 11.1. The summed E-state index contributed by atoms with van der Waals surface area (Å²) in [5.74, 6) is -0.0222. The van der Waals surface area contributed by atoms with Gasteiger partial charge in [0.05, 0.1) is 10.2 Å². The van der Waals surface area contributed by atoms with E-state index >= 15 is 0 Å². The number of thiazole rings is 1. The maximum Gasteiger partial charge on any atom is 0.307 e. The Bertz CT molecular complexity index is 815. The lowest BCUT2D eigenvalue weighted by atomic mass is 10.0. The van der Waals surface area contributed by atoms with Gasteiger partial charge in [-0.15, -0.1) is 0 Å². The maximum atomic E-state index is 12.3. The van der Waals surface area contributed by atoms with Crippen LogP contribution >= 0.6 is 11.3 Å². The summed E-state index contributed by atoms with van der Waals surface area (Å²) in [5.41, 5.74) is 2.13. The highest BCUT2D eigenvalue weighted by molar-refractivity contribution is 7.16. The Morgan fingerprint density at radius 3 is 2.53 bits per heavy atom. The second-order valence-electron chi connectivity index (χ2n) is 4.30. The van der Waals surface area contributed by atoms with Gasteiger partial charge in [0.15, 0.2) is 5.78 Å². The van der Waals surface area contributed by atoms with Crippen LogP contribution in [0.2, 0.25) is 0 Å². The molecule has 0 radical (unpaired) electrons. The van der Waals surface area contributed by atoms with E-state index in [4.69, 9.17) is 0 Å². The van der Waals surface area contributed by atoms with Crippen molar-refractivity contribution in [3.05, 3.63) is 69.3 Å². The number of rotatable bonds is 2. The first-order valence-electron chi connectivity index (χ1n) is 5.86. The quantitative estimate of drug-likeness (QED) is 0.671. The molecule has 0 N–H and O–H groups in total. The van der Waals surface area contributed by atoms with Gasteiger partial charge in [-0.1, -0.05) is 41.7 Å². The molecular formula is C15H11NO2S. The van der Waals surface area contributed by atoms with Gasteiger partial charge in [-0.25, -0.2) is 0 Å². The molecular weight excluding hydrogens is 258 g/mol. The SMILES string of the molecule is Cn1c(=O)sc2cc(C(=O)c3ccccc3)ccc21. The number of carbonyl (C=O) groups excluding carboxylic acids is 1. The van der Waals surface area contributed by atoms with E-state index in [1.807, 2.05) is 24.3 Å². The van der Waals surface area contributed by atoms with Gasteiger partial charge >= 0.3 is 4.87 Å². The van der Waals surface area contributed by atoms with Crippen molar-refractivity contribution in [2.45, 2.75) is 0 Å². The van der Waals surface area contributed by atoms with Gasteiger partial charge in [0.1, 0.15) is 0 Å². The van der Waals surface area contributed by atoms with Crippen LogP contribution in [0.25, 0.3) is 10.2 Å². The van der Waals surface area contributed by atoms with Crippen LogP contribution in [0.4, 0.5) is 0 Å². The molecule has 0 bridgehead atoms. The molecule has 0 spiro atoms. The Balaban J connectivity index is 2.12. The van der Waals surface area contributed by atoms with Crippen molar-refractivity contribution >= 4 is 27.3 Å². The number of benzene rings is 2. The molecule has 0 unspecified atom stereocenters. The molecule has 0 aliphatic rings. The summed E-state index contributed by atoms with van der Waals surface area (Å²) in [6.07, 6.45) is 0. The van der Waals surface area contributed by atoms with E-state index in [1.54, 1.807) is 35.9 Å². The van der Waals surface area contributed by atoms with Crippen molar-refractivity contribution in [2.75, 3.05) is 0 Å². The Hall–Kier alpha value is -2.20. The van der Waals surface area contributed by atoms with E-state index in [9.17, 15) is 9.59 Å². The molecule has 0 atom stereocenters. The number of aryl methyl sites for hydroxylation is 1. The molecule has 94 valence electrons. The number of nitrogens with zero attached hydrogens (tertiary/aromatic N) is 1. The van der Waals surface area contributed by atoms with Gasteiger partial charge in [0.2, 0.25) is 0 Å². The average Bonchev–Trinajstić information content (AvgIpc) is 2.74. The third kappa shape index (κ3) is 2.00. The van der Waals surface area contributed by atoms with E-state index in [2.05, 4.69) is 0 Å². The van der Waals surface area contributed by atoms with Crippen molar-refractivity contribution in [2.24, 2.45) is 7.05 Å². The zero-order valence-electron chi connectivity index (χ0n) is 10.3. The van der Waals surface area contributed by atoms with Crippen molar-refractivity contribution in [3.63, 3.8) is 0 Å². The molecule has 3 rings (SSSR count). The zero-order chi connectivity index (χ0) is 13.4. The van der Waals surface area contributed by atoms with Crippen LogP contribution in [0.5, 0.6) is 0 Å². The minimum atomic E-state index is -0.0222.